The molecule has 3 rings (SSSR count). The summed E-state index contributed by atoms with van der Waals surface area (Å²) in [5, 5.41) is 3.39. The lowest BCUT2D eigenvalue weighted by Crippen LogP contribution is -2.22. The molecule has 0 fully saturated rings. The molecule has 0 saturated heterocycles. The SMILES string of the molecule is COc1cc2ncn(CCCC(=O)Nc3cccc(C)c3C)c(=O)c2cc1OC. The van der Waals surface area contributed by atoms with Gasteiger partial charge in [0.25, 0.3) is 5.56 Å². The number of ether oxygens (including phenoxy) is 2. The minimum atomic E-state index is -0.175. The summed E-state index contributed by atoms with van der Waals surface area (Å²) in [6.45, 7) is 4.39. The van der Waals surface area contributed by atoms with E-state index >= 15 is 0 Å². The molecule has 0 radical (unpaired) electrons. The van der Waals surface area contributed by atoms with Crippen LogP contribution >= 0.6 is 0 Å². The molecule has 152 valence electrons. The lowest BCUT2D eigenvalue weighted by Gasteiger charge is -2.11. The van der Waals surface area contributed by atoms with Gasteiger partial charge in [-0.3, -0.25) is 14.2 Å². The maximum absolute atomic E-state index is 12.8. The Morgan fingerprint density at radius 3 is 2.59 bits per heavy atom. The molecule has 1 N–H and O–H groups in total. The predicted molar refractivity (Wildman–Crippen MR) is 113 cm³/mol. The summed E-state index contributed by atoms with van der Waals surface area (Å²) >= 11 is 0. The topological polar surface area (TPSA) is 82.5 Å². The fourth-order valence-electron chi connectivity index (χ4n) is 3.15. The largest absolute Gasteiger partial charge is 0.493 e. The Morgan fingerprint density at radius 2 is 1.86 bits per heavy atom. The summed E-state index contributed by atoms with van der Waals surface area (Å²) in [6, 6.07) is 9.13. The number of carbonyl (C=O) groups excluding carboxylic acids is 1. The van der Waals surface area contributed by atoms with Crippen LogP contribution < -0.4 is 20.3 Å². The van der Waals surface area contributed by atoms with Crippen LogP contribution in [0.2, 0.25) is 0 Å². The zero-order valence-corrected chi connectivity index (χ0v) is 17.1. The second-order valence-corrected chi connectivity index (χ2v) is 6.87. The van der Waals surface area contributed by atoms with Gasteiger partial charge < -0.3 is 14.8 Å². The van der Waals surface area contributed by atoms with E-state index in [0.29, 0.717) is 41.8 Å². The second kappa shape index (κ2) is 8.77. The first-order valence-electron chi connectivity index (χ1n) is 9.42. The zero-order valence-electron chi connectivity index (χ0n) is 17.1. The van der Waals surface area contributed by atoms with Crippen LogP contribution in [-0.4, -0.2) is 29.7 Å². The van der Waals surface area contributed by atoms with E-state index in [4.69, 9.17) is 9.47 Å². The van der Waals surface area contributed by atoms with Gasteiger partial charge in [-0.05, 0) is 43.5 Å². The Morgan fingerprint density at radius 1 is 1.14 bits per heavy atom. The van der Waals surface area contributed by atoms with Crippen LogP contribution in [0.1, 0.15) is 24.0 Å². The third kappa shape index (κ3) is 4.39. The normalized spacial score (nSPS) is 10.8. The van der Waals surface area contributed by atoms with Gasteiger partial charge in [-0.25, -0.2) is 4.98 Å². The van der Waals surface area contributed by atoms with Gasteiger partial charge in [0.05, 0.1) is 31.4 Å². The Balaban J connectivity index is 1.69. The summed E-state index contributed by atoms with van der Waals surface area (Å²) in [4.78, 5) is 29.4. The Hall–Kier alpha value is -3.35. The number of fused-ring (bicyclic) bond motifs is 1. The van der Waals surface area contributed by atoms with Gasteiger partial charge >= 0.3 is 0 Å². The molecule has 7 nitrogen and oxygen atoms in total. The highest BCUT2D eigenvalue weighted by Crippen LogP contribution is 2.29. The molecule has 3 aromatic rings. The van der Waals surface area contributed by atoms with Gasteiger partial charge in [-0.2, -0.15) is 0 Å². The van der Waals surface area contributed by atoms with Crippen molar-refractivity contribution in [2.45, 2.75) is 33.2 Å². The van der Waals surface area contributed by atoms with E-state index in [2.05, 4.69) is 10.3 Å². The molecule has 0 aliphatic heterocycles. The molecule has 0 saturated carbocycles. The number of nitrogens with one attached hydrogen (secondary N) is 1. The number of carbonyl (C=O) groups is 1. The third-order valence-electron chi connectivity index (χ3n) is 5.01. The first-order valence-corrected chi connectivity index (χ1v) is 9.42. The number of nitrogens with zero attached hydrogens (tertiary/aromatic N) is 2. The average molecular weight is 395 g/mol. The number of anilines is 1. The molecule has 0 aliphatic rings. The highest BCUT2D eigenvalue weighted by atomic mass is 16.5. The van der Waals surface area contributed by atoms with E-state index < -0.39 is 0 Å². The Bertz CT molecular complexity index is 1110. The van der Waals surface area contributed by atoms with Crippen molar-refractivity contribution in [2.75, 3.05) is 19.5 Å². The van der Waals surface area contributed by atoms with Crippen LogP contribution in [0.4, 0.5) is 5.69 Å². The molecule has 0 spiro atoms. The van der Waals surface area contributed by atoms with Gasteiger partial charge in [-0.1, -0.05) is 12.1 Å². The number of aromatic nitrogens is 2. The molecule has 2 aromatic carbocycles. The number of methoxy groups -OCH3 is 2. The monoisotopic (exact) mass is 395 g/mol. The summed E-state index contributed by atoms with van der Waals surface area (Å²) < 4.78 is 12.0. The molecule has 29 heavy (non-hydrogen) atoms. The van der Waals surface area contributed by atoms with Crippen molar-refractivity contribution in [1.82, 2.24) is 9.55 Å². The van der Waals surface area contributed by atoms with Gasteiger partial charge in [0.15, 0.2) is 11.5 Å². The summed E-state index contributed by atoms with van der Waals surface area (Å²) in [5.41, 5.74) is 3.37. The number of hydrogen-bond donors (Lipinski definition) is 1. The van der Waals surface area contributed by atoms with Crippen LogP contribution in [0, 0.1) is 13.8 Å². The van der Waals surface area contributed by atoms with Gasteiger partial charge in [-0.15, -0.1) is 0 Å². The van der Waals surface area contributed by atoms with E-state index in [1.807, 2.05) is 32.0 Å². The first-order chi connectivity index (χ1) is 13.9. The maximum Gasteiger partial charge on any atom is 0.261 e. The summed E-state index contributed by atoms with van der Waals surface area (Å²) in [7, 11) is 3.06. The Kier molecular flexibility index (Phi) is 6.16. The zero-order chi connectivity index (χ0) is 21.0. The van der Waals surface area contributed by atoms with E-state index in [9.17, 15) is 9.59 Å². The summed E-state index contributed by atoms with van der Waals surface area (Å²) in [5.74, 6) is 0.921. The molecule has 0 atom stereocenters. The van der Waals surface area contributed by atoms with Crippen LogP contribution in [0.15, 0.2) is 41.5 Å². The highest BCUT2D eigenvalue weighted by molar-refractivity contribution is 5.91. The van der Waals surface area contributed by atoms with Gasteiger partial charge in [0.1, 0.15) is 0 Å². The highest BCUT2D eigenvalue weighted by Gasteiger charge is 2.12. The second-order valence-electron chi connectivity index (χ2n) is 6.87. The standard InChI is InChI=1S/C22H25N3O4/c1-14-7-5-8-17(15(14)2)24-21(26)9-6-10-25-13-23-18-12-20(29-4)19(28-3)11-16(18)22(25)27/h5,7-8,11-13H,6,9-10H2,1-4H3,(H,24,26). The molecular weight excluding hydrogens is 370 g/mol. The minimum Gasteiger partial charge on any atom is -0.493 e. The first kappa shape index (κ1) is 20.4. The van der Waals surface area contributed by atoms with Crippen LogP contribution in [-0.2, 0) is 11.3 Å². The molecule has 0 bridgehead atoms. The average Bonchev–Trinajstić information content (AvgIpc) is 2.72. The van der Waals surface area contributed by atoms with Crippen molar-refractivity contribution in [2.24, 2.45) is 0 Å². The van der Waals surface area contributed by atoms with E-state index in [1.165, 1.54) is 25.1 Å². The number of hydrogen-bond acceptors (Lipinski definition) is 5. The fourth-order valence-corrected chi connectivity index (χ4v) is 3.15. The van der Waals surface area contributed by atoms with Crippen LogP contribution in [0.5, 0.6) is 11.5 Å². The van der Waals surface area contributed by atoms with Crippen molar-refractivity contribution < 1.29 is 14.3 Å². The fraction of sp³-hybridized carbons (Fsp3) is 0.318. The van der Waals surface area contributed by atoms with Crippen LogP contribution in [0.3, 0.4) is 0 Å². The van der Waals surface area contributed by atoms with Gasteiger partial charge in [0, 0.05) is 24.7 Å². The predicted octanol–water partition coefficient (Wildman–Crippen LogP) is 3.45. The maximum atomic E-state index is 12.8. The van der Waals surface area contributed by atoms with Crippen LogP contribution in [0.25, 0.3) is 10.9 Å². The lowest BCUT2D eigenvalue weighted by molar-refractivity contribution is -0.116. The number of aryl methyl sites for hydroxylation is 2. The lowest BCUT2D eigenvalue weighted by atomic mass is 10.1. The molecule has 0 aliphatic carbocycles. The van der Waals surface area contributed by atoms with Crippen molar-refractivity contribution >= 4 is 22.5 Å². The molecule has 0 unspecified atom stereocenters. The third-order valence-corrected chi connectivity index (χ3v) is 5.01. The van der Waals surface area contributed by atoms with E-state index in [0.717, 1.165) is 16.8 Å². The van der Waals surface area contributed by atoms with Crippen molar-refractivity contribution in [1.29, 1.82) is 0 Å². The van der Waals surface area contributed by atoms with Gasteiger partial charge in [0.2, 0.25) is 5.91 Å². The molecular formula is C22H25N3O4. The van der Waals surface area contributed by atoms with Crippen molar-refractivity contribution in [3.8, 4) is 11.5 Å². The Labute approximate surface area is 169 Å². The molecule has 1 heterocycles. The molecule has 1 aromatic heterocycles. The number of rotatable bonds is 7. The van der Waals surface area contributed by atoms with Crippen molar-refractivity contribution in [3.63, 3.8) is 0 Å². The summed E-state index contributed by atoms with van der Waals surface area (Å²) in [6.07, 6.45) is 2.33. The molecule has 7 heteroatoms. The van der Waals surface area contributed by atoms with Crippen molar-refractivity contribution in [3.05, 3.63) is 58.1 Å². The van der Waals surface area contributed by atoms with E-state index in [-0.39, 0.29) is 11.5 Å². The smallest absolute Gasteiger partial charge is 0.261 e. The minimum absolute atomic E-state index is 0.0769. The number of amides is 1. The van der Waals surface area contributed by atoms with E-state index in [1.54, 1.807) is 12.1 Å². The molecule has 1 amide bonds. The number of benzene rings is 2. The quantitative estimate of drug-likeness (QED) is 0.663.